The predicted molar refractivity (Wildman–Crippen MR) is 93.0 cm³/mol. The van der Waals surface area contributed by atoms with Crippen molar-refractivity contribution in [2.24, 2.45) is 0 Å². The van der Waals surface area contributed by atoms with Gasteiger partial charge in [-0.1, -0.05) is 12.1 Å². The van der Waals surface area contributed by atoms with Crippen molar-refractivity contribution in [3.8, 4) is 0 Å². The van der Waals surface area contributed by atoms with Crippen LogP contribution in [0.1, 0.15) is 28.4 Å². The van der Waals surface area contributed by atoms with Crippen LogP contribution >= 0.6 is 0 Å². The number of amides is 1. The molecule has 0 fully saturated rings. The Balaban J connectivity index is 1.74. The molecule has 7 nitrogen and oxygen atoms in total. The van der Waals surface area contributed by atoms with Gasteiger partial charge in [0.15, 0.2) is 0 Å². The Labute approximate surface area is 138 Å². The fourth-order valence-electron chi connectivity index (χ4n) is 2.68. The molecule has 0 aliphatic rings. The molecule has 1 aromatic carbocycles. The number of nitrogens with zero attached hydrogens (tertiary/aromatic N) is 1. The van der Waals surface area contributed by atoms with E-state index in [0.717, 1.165) is 17.5 Å². The molecule has 0 aliphatic carbocycles. The summed E-state index contributed by atoms with van der Waals surface area (Å²) in [7, 11) is 0. The van der Waals surface area contributed by atoms with Crippen LogP contribution in [0.15, 0.2) is 35.3 Å². The molecule has 0 unspecified atom stereocenters. The molecule has 0 saturated carbocycles. The third-order valence-electron chi connectivity index (χ3n) is 3.88. The molecule has 7 heteroatoms. The number of rotatable bonds is 5. The van der Waals surface area contributed by atoms with E-state index in [0.29, 0.717) is 29.6 Å². The van der Waals surface area contributed by atoms with Crippen molar-refractivity contribution in [1.82, 2.24) is 20.3 Å². The highest BCUT2D eigenvalue weighted by Crippen LogP contribution is 2.15. The second-order valence-corrected chi connectivity index (χ2v) is 5.55. The van der Waals surface area contributed by atoms with E-state index in [-0.39, 0.29) is 17.4 Å². The molecule has 24 heavy (non-hydrogen) atoms. The smallest absolute Gasteiger partial charge is 0.262 e. The summed E-state index contributed by atoms with van der Waals surface area (Å²) in [6.07, 6.45) is 3.23. The number of aromatic amines is 2. The molecule has 0 bridgehead atoms. The van der Waals surface area contributed by atoms with E-state index in [9.17, 15) is 9.59 Å². The van der Waals surface area contributed by atoms with Gasteiger partial charge in [0.05, 0.1) is 5.39 Å². The van der Waals surface area contributed by atoms with Crippen LogP contribution in [-0.2, 0) is 12.8 Å². The van der Waals surface area contributed by atoms with Gasteiger partial charge in [-0.05, 0) is 43.0 Å². The number of carbonyl (C=O) groups excluding carboxylic acids is 1. The Morgan fingerprint density at radius 2 is 2.00 bits per heavy atom. The first-order valence-electron chi connectivity index (χ1n) is 7.81. The number of aryl methyl sites for hydroxylation is 2. The van der Waals surface area contributed by atoms with Crippen molar-refractivity contribution in [3.05, 3.63) is 57.5 Å². The lowest BCUT2D eigenvalue weighted by atomic mass is 10.0. The molecular formula is C17H19N5O2. The van der Waals surface area contributed by atoms with Crippen LogP contribution in [0.25, 0.3) is 11.0 Å². The number of nitrogens with two attached hydrogens (primary N) is 1. The zero-order valence-electron chi connectivity index (χ0n) is 13.3. The first kappa shape index (κ1) is 15.8. The number of hydrogen-bond donors (Lipinski definition) is 4. The molecule has 0 atom stereocenters. The highest BCUT2D eigenvalue weighted by Gasteiger charge is 2.10. The minimum Gasteiger partial charge on any atom is -0.369 e. The lowest BCUT2D eigenvalue weighted by molar-refractivity contribution is 0.0956. The van der Waals surface area contributed by atoms with Crippen LogP contribution in [0.3, 0.4) is 0 Å². The van der Waals surface area contributed by atoms with Gasteiger partial charge in [-0.2, -0.15) is 4.98 Å². The number of H-pyrrole nitrogens is 2. The fourth-order valence-corrected chi connectivity index (χ4v) is 2.68. The Bertz CT molecular complexity index is 924. The van der Waals surface area contributed by atoms with Gasteiger partial charge in [-0.25, -0.2) is 0 Å². The quantitative estimate of drug-likeness (QED) is 0.567. The van der Waals surface area contributed by atoms with Gasteiger partial charge in [-0.3, -0.25) is 14.6 Å². The summed E-state index contributed by atoms with van der Waals surface area (Å²) >= 11 is 0. The fraction of sp³-hybridized carbons (Fsp3) is 0.235. The van der Waals surface area contributed by atoms with Crippen LogP contribution in [-0.4, -0.2) is 27.4 Å². The van der Waals surface area contributed by atoms with E-state index in [1.165, 1.54) is 0 Å². The van der Waals surface area contributed by atoms with Crippen LogP contribution < -0.4 is 16.6 Å². The van der Waals surface area contributed by atoms with Gasteiger partial charge in [0.25, 0.3) is 11.5 Å². The van der Waals surface area contributed by atoms with E-state index in [1.54, 1.807) is 6.20 Å². The van der Waals surface area contributed by atoms with E-state index in [1.807, 2.05) is 31.2 Å². The Hall–Kier alpha value is -3.09. The van der Waals surface area contributed by atoms with Crippen LogP contribution in [0.5, 0.6) is 0 Å². The summed E-state index contributed by atoms with van der Waals surface area (Å²) in [5, 5.41) is 3.31. The number of anilines is 1. The number of fused-ring (bicyclic) bond motifs is 1. The standard InChI is InChI=1S/C17H19N5O2/c1-2-19-15(23)11-6-3-10(4-7-11)5-8-12-9-20-14-13(12)16(24)22-17(18)21-14/h3-4,6-7,9H,2,5,8H2,1H3,(H,19,23)(H4,18,20,21,22,24). The van der Waals surface area contributed by atoms with E-state index in [4.69, 9.17) is 5.73 Å². The lowest BCUT2D eigenvalue weighted by Crippen LogP contribution is -2.22. The van der Waals surface area contributed by atoms with Crippen molar-refractivity contribution in [2.45, 2.75) is 19.8 Å². The number of nitrogens with one attached hydrogen (secondary N) is 3. The number of aromatic nitrogens is 3. The minimum absolute atomic E-state index is 0.0733. The number of nitrogen functional groups attached to an aromatic ring is 1. The normalized spacial score (nSPS) is 10.9. The first-order chi connectivity index (χ1) is 11.6. The van der Waals surface area contributed by atoms with E-state index in [2.05, 4.69) is 20.3 Å². The number of carbonyl (C=O) groups is 1. The monoisotopic (exact) mass is 325 g/mol. The summed E-state index contributed by atoms with van der Waals surface area (Å²) < 4.78 is 0. The van der Waals surface area contributed by atoms with Crippen molar-refractivity contribution in [3.63, 3.8) is 0 Å². The summed E-state index contributed by atoms with van der Waals surface area (Å²) in [5.41, 5.74) is 8.43. The molecule has 124 valence electrons. The highest BCUT2D eigenvalue weighted by molar-refractivity contribution is 5.94. The Morgan fingerprint density at radius 1 is 1.25 bits per heavy atom. The van der Waals surface area contributed by atoms with Crippen LogP contribution in [0.4, 0.5) is 5.95 Å². The molecule has 2 aromatic heterocycles. The van der Waals surface area contributed by atoms with Crippen molar-refractivity contribution in [2.75, 3.05) is 12.3 Å². The van der Waals surface area contributed by atoms with E-state index >= 15 is 0 Å². The molecular weight excluding hydrogens is 306 g/mol. The zero-order chi connectivity index (χ0) is 17.1. The van der Waals surface area contributed by atoms with Crippen LogP contribution in [0.2, 0.25) is 0 Å². The molecule has 3 rings (SSSR count). The average molecular weight is 325 g/mol. The van der Waals surface area contributed by atoms with Crippen molar-refractivity contribution in [1.29, 1.82) is 0 Å². The van der Waals surface area contributed by atoms with Crippen molar-refractivity contribution >= 4 is 22.9 Å². The molecule has 0 aliphatic heterocycles. The lowest BCUT2D eigenvalue weighted by Gasteiger charge is -2.04. The summed E-state index contributed by atoms with van der Waals surface area (Å²) in [5.74, 6) is 0.0257. The number of benzene rings is 1. The highest BCUT2D eigenvalue weighted by atomic mass is 16.1. The topological polar surface area (TPSA) is 117 Å². The van der Waals surface area contributed by atoms with Gasteiger partial charge in [-0.15, -0.1) is 0 Å². The van der Waals surface area contributed by atoms with Crippen molar-refractivity contribution < 1.29 is 4.79 Å². The van der Waals surface area contributed by atoms with Gasteiger partial charge in [0.2, 0.25) is 5.95 Å². The molecule has 2 heterocycles. The maximum atomic E-state index is 12.0. The zero-order valence-corrected chi connectivity index (χ0v) is 13.3. The van der Waals surface area contributed by atoms with Crippen LogP contribution in [0, 0.1) is 0 Å². The maximum absolute atomic E-state index is 12.0. The SMILES string of the molecule is CCNC(=O)c1ccc(CCc2c[nH]c3nc(N)[nH]c(=O)c23)cc1. The molecule has 5 N–H and O–H groups in total. The number of hydrogen-bond acceptors (Lipinski definition) is 4. The third-order valence-corrected chi connectivity index (χ3v) is 3.88. The third kappa shape index (κ3) is 3.15. The van der Waals surface area contributed by atoms with Gasteiger partial charge in [0.1, 0.15) is 5.65 Å². The second-order valence-electron chi connectivity index (χ2n) is 5.55. The Morgan fingerprint density at radius 3 is 2.71 bits per heavy atom. The molecule has 0 saturated heterocycles. The average Bonchev–Trinajstić information content (AvgIpc) is 2.96. The largest absolute Gasteiger partial charge is 0.369 e. The molecule has 1 amide bonds. The van der Waals surface area contributed by atoms with Gasteiger partial charge in [0, 0.05) is 18.3 Å². The summed E-state index contributed by atoms with van der Waals surface area (Å²) in [6.45, 7) is 2.49. The Kier molecular flexibility index (Phi) is 4.33. The summed E-state index contributed by atoms with van der Waals surface area (Å²) in [6, 6.07) is 7.48. The van der Waals surface area contributed by atoms with Gasteiger partial charge >= 0.3 is 0 Å². The second kappa shape index (κ2) is 6.57. The van der Waals surface area contributed by atoms with E-state index < -0.39 is 0 Å². The predicted octanol–water partition coefficient (Wildman–Crippen LogP) is 1.37. The molecule has 0 radical (unpaired) electrons. The first-order valence-corrected chi connectivity index (χ1v) is 7.81. The summed E-state index contributed by atoms with van der Waals surface area (Å²) in [4.78, 5) is 33.4. The minimum atomic E-state index is -0.236. The van der Waals surface area contributed by atoms with Gasteiger partial charge < -0.3 is 16.0 Å². The maximum Gasteiger partial charge on any atom is 0.262 e. The molecule has 0 spiro atoms. The molecule has 3 aromatic rings.